The summed E-state index contributed by atoms with van der Waals surface area (Å²) >= 11 is 4.42. The molecule has 0 aromatic rings. The number of hydrogen-bond acceptors (Lipinski definition) is 1. The van der Waals surface area contributed by atoms with Crippen LogP contribution in [0.5, 0.6) is 0 Å². The molecule has 0 saturated carbocycles. The molecule has 10 heavy (non-hydrogen) atoms. The van der Waals surface area contributed by atoms with Crippen molar-refractivity contribution in [3.63, 3.8) is 0 Å². The Labute approximate surface area is 62.7 Å². The van der Waals surface area contributed by atoms with E-state index in [9.17, 15) is 13.2 Å². The first-order chi connectivity index (χ1) is 4.68. The lowest BCUT2D eigenvalue weighted by Crippen LogP contribution is -1.79. The topological polar surface area (TPSA) is 0 Å². The molecule has 0 atom stereocenters. The Hall–Kier alpha value is -0.380. The highest BCUT2D eigenvalue weighted by molar-refractivity contribution is 7.78. The smallest absolute Gasteiger partial charge is 0.206 e. The summed E-state index contributed by atoms with van der Waals surface area (Å²) in [6, 6.07) is 0. The Morgan fingerprint density at radius 3 is 2.30 bits per heavy atom. The van der Waals surface area contributed by atoms with Crippen LogP contribution in [0.1, 0.15) is 19.3 Å². The van der Waals surface area contributed by atoms with E-state index in [0.717, 1.165) is 0 Å². The Balaban J connectivity index is 3.49. The Morgan fingerprint density at radius 1 is 1.30 bits per heavy atom. The molecule has 0 amide bonds. The van der Waals surface area contributed by atoms with Gasteiger partial charge in [0.15, 0.2) is 5.83 Å². The quantitative estimate of drug-likeness (QED) is 0.458. The van der Waals surface area contributed by atoms with E-state index in [1.54, 1.807) is 0 Å². The molecule has 0 aliphatic heterocycles. The van der Waals surface area contributed by atoms with Gasteiger partial charge in [-0.15, -0.1) is 0 Å². The van der Waals surface area contributed by atoms with Crippen molar-refractivity contribution in [2.45, 2.75) is 19.3 Å². The van der Waals surface area contributed by atoms with Crippen LogP contribution in [0.2, 0.25) is 0 Å². The van der Waals surface area contributed by atoms with Gasteiger partial charge in [-0.05, 0) is 18.2 Å². The van der Waals surface area contributed by atoms with Crippen molar-refractivity contribution >= 4 is 17.6 Å². The molecule has 0 aromatic heterocycles. The van der Waals surface area contributed by atoms with Crippen molar-refractivity contribution in [3.05, 3.63) is 11.9 Å². The van der Waals surface area contributed by atoms with Crippen LogP contribution in [0.4, 0.5) is 13.2 Å². The SMILES string of the molecule is FC(F)=C(F)CCCC=S. The average Bonchev–Trinajstić information content (AvgIpc) is 1.88. The van der Waals surface area contributed by atoms with E-state index in [2.05, 4.69) is 12.2 Å². The number of thiocarbonyl (C=S) groups is 1. The molecule has 0 radical (unpaired) electrons. The van der Waals surface area contributed by atoms with E-state index in [-0.39, 0.29) is 6.42 Å². The summed E-state index contributed by atoms with van der Waals surface area (Å²) in [5, 5.41) is 1.41. The summed E-state index contributed by atoms with van der Waals surface area (Å²) < 4.78 is 34.6. The molecule has 0 aromatic carbocycles. The molecule has 0 N–H and O–H groups in total. The maximum absolute atomic E-state index is 11.9. The van der Waals surface area contributed by atoms with Gasteiger partial charge < -0.3 is 0 Å². The molecule has 0 spiro atoms. The van der Waals surface area contributed by atoms with E-state index < -0.39 is 11.9 Å². The number of allylic oxidation sites excluding steroid dienone is 1. The Kier molecular flexibility index (Phi) is 5.20. The van der Waals surface area contributed by atoms with Crippen LogP contribution in [-0.2, 0) is 0 Å². The minimum absolute atomic E-state index is 0.213. The summed E-state index contributed by atoms with van der Waals surface area (Å²) in [4.78, 5) is 0. The van der Waals surface area contributed by atoms with Gasteiger partial charge in [-0.25, -0.2) is 4.39 Å². The van der Waals surface area contributed by atoms with Gasteiger partial charge in [0.25, 0.3) is 0 Å². The predicted octanol–water partition coefficient (Wildman–Crippen LogP) is 3.23. The Bertz CT molecular complexity index is 138. The van der Waals surface area contributed by atoms with E-state index in [1.807, 2.05) is 0 Å². The molecule has 0 nitrogen and oxygen atoms in total. The highest BCUT2D eigenvalue weighted by Gasteiger charge is 2.02. The van der Waals surface area contributed by atoms with E-state index in [4.69, 9.17) is 0 Å². The molecule has 0 fully saturated rings. The average molecular weight is 168 g/mol. The third-order valence-corrected chi connectivity index (χ3v) is 1.16. The fraction of sp³-hybridized carbons (Fsp3) is 0.500. The maximum Gasteiger partial charge on any atom is 0.301 e. The van der Waals surface area contributed by atoms with Crippen LogP contribution in [0.3, 0.4) is 0 Å². The lowest BCUT2D eigenvalue weighted by atomic mass is 10.2. The zero-order chi connectivity index (χ0) is 7.98. The van der Waals surface area contributed by atoms with Crippen molar-refractivity contribution in [1.82, 2.24) is 0 Å². The van der Waals surface area contributed by atoms with Crippen molar-refractivity contribution in [1.29, 1.82) is 0 Å². The van der Waals surface area contributed by atoms with Gasteiger partial charge >= 0.3 is 6.08 Å². The minimum atomic E-state index is -2.22. The summed E-state index contributed by atoms with van der Waals surface area (Å²) in [5.74, 6) is -1.32. The summed E-state index contributed by atoms with van der Waals surface area (Å²) in [7, 11) is 0. The first-order valence-corrected chi connectivity index (χ1v) is 3.29. The number of halogens is 3. The van der Waals surface area contributed by atoms with Crippen LogP contribution in [0.25, 0.3) is 0 Å². The molecule has 0 aliphatic carbocycles. The fourth-order valence-electron chi connectivity index (χ4n) is 0.435. The predicted molar refractivity (Wildman–Crippen MR) is 37.9 cm³/mol. The summed E-state index contributed by atoms with van der Waals surface area (Å²) in [6.45, 7) is 0. The van der Waals surface area contributed by atoms with Crippen LogP contribution in [-0.4, -0.2) is 5.37 Å². The van der Waals surface area contributed by atoms with Crippen molar-refractivity contribution in [2.75, 3.05) is 0 Å². The van der Waals surface area contributed by atoms with Crippen LogP contribution in [0.15, 0.2) is 11.9 Å². The second-order valence-corrected chi connectivity index (χ2v) is 2.06. The third kappa shape index (κ3) is 4.49. The van der Waals surface area contributed by atoms with Crippen molar-refractivity contribution < 1.29 is 13.2 Å². The van der Waals surface area contributed by atoms with Gasteiger partial charge in [0, 0.05) is 6.42 Å². The molecule has 0 unspecified atom stereocenters. The van der Waals surface area contributed by atoms with Crippen LogP contribution >= 0.6 is 12.2 Å². The molecular formula is C6H7F3S. The van der Waals surface area contributed by atoms with Gasteiger partial charge in [0.2, 0.25) is 0 Å². The number of hydrogen-bond donors (Lipinski definition) is 0. The third-order valence-electron chi connectivity index (χ3n) is 0.923. The zero-order valence-electron chi connectivity index (χ0n) is 5.24. The molecule has 0 rings (SSSR count). The lowest BCUT2D eigenvalue weighted by Gasteiger charge is -1.91. The zero-order valence-corrected chi connectivity index (χ0v) is 6.06. The highest BCUT2D eigenvalue weighted by atomic mass is 32.1. The second-order valence-electron chi connectivity index (χ2n) is 1.72. The highest BCUT2D eigenvalue weighted by Crippen LogP contribution is 2.15. The molecule has 0 saturated heterocycles. The van der Waals surface area contributed by atoms with Gasteiger partial charge in [0.1, 0.15) is 0 Å². The standard InChI is InChI=1S/C6H7F3S/c7-5(6(8)9)3-1-2-4-10/h4H,1-3H2. The molecule has 0 aliphatic rings. The van der Waals surface area contributed by atoms with Gasteiger partial charge in [-0.1, -0.05) is 12.2 Å². The fourth-order valence-corrected chi connectivity index (χ4v) is 0.602. The Morgan fingerprint density at radius 2 is 1.90 bits per heavy atom. The molecule has 0 heterocycles. The number of unbranched alkanes of at least 4 members (excludes halogenated alkanes) is 1. The lowest BCUT2D eigenvalue weighted by molar-refractivity contribution is 0.369. The molecular weight excluding hydrogens is 161 g/mol. The van der Waals surface area contributed by atoms with Gasteiger partial charge in [0.05, 0.1) is 0 Å². The van der Waals surface area contributed by atoms with Crippen molar-refractivity contribution in [3.8, 4) is 0 Å². The van der Waals surface area contributed by atoms with E-state index in [0.29, 0.717) is 12.8 Å². The monoisotopic (exact) mass is 168 g/mol. The van der Waals surface area contributed by atoms with Crippen LogP contribution < -0.4 is 0 Å². The summed E-state index contributed by atoms with van der Waals surface area (Å²) in [5.41, 5.74) is 0. The maximum atomic E-state index is 11.9. The minimum Gasteiger partial charge on any atom is -0.206 e. The van der Waals surface area contributed by atoms with E-state index >= 15 is 0 Å². The largest absolute Gasteiger partial charge is 0.301 e. The molecule has 4 heteroatoms. The summed E-state index contributed by atoms with van der Waals surface area (Å²) in [6.07, 6.45) is -1.58. The second kappa shape index (κ2) is 5.41. The first kappa shape index (κ1) is 9.62. The van der Waals surface area contributed by atoms with E-state index in [1.165, 1.54) is 5.37 Å². The molecule has 0 bridgehead atoms. The number of rotatable bonds is 4. The normalized spacial score (nSPS) is 9.10. The van der Waals surface area contributed by atoms with Crippen molar-refractivity contribution in [2.24, 2.45) is 0 Å². The molecule has 58 valence electrons. The first-order valence-electron chi connectivity index (χ1n) is 2.81. The van der Waals surface area contributed by atoms with Crippen LogP contribution in [0, 0.1) is 0 Å². The van der Waals surface area contributed by atoms with Gasteiger partial charge in [-0.3, -0.25) is 0 Å². The van der Waals surface area contributed by atoms with Gasteiger partial charge in [-0.2, -0.15) is 8.78 Å².